The highest BCUT2D eigenvalue weighted by Gasteiger charge is 2.11. The van der Waals surface area contributed by atoms with E-state index in [9.17, 15) is 9.18 Å². The van der Waals surface area contributed by atoms with Gasteiger partial charge in [0, 0.05) is 12.1 Å². The van der Waals surface area contributed by atoms with Crippen LogP contribution in [0.1, 0.15) is 29.8 Å². The van der Waals surface area contributed by atoms with Gasteiger partial charge < -0.3 is 14.8 Å². The maximum Gasteiger partial charge on any atom is 0.251 e. The smallest absolute Gasteiger partial charge is 0.251 e. The molecule has 0 heterocycles. The quantitative estimate of drug-likeness (QED) is 0.849. The number of halogens is 1. The molecule has 5 heteroatoms. The number of amides is 1. The molecule has 0 aliphatic heterocycles. The molecule has 0 saturated heterocycles. The molecule has 0 aliphatic rings. The summed E-state index contributed by atoms with van der Waals surface area (Å²) in [5.74, 6) is 0.638. The van der Waals surface area contributed by atoms with Crippen molar-refractivity contribution in [2.75, 3.05) is 13.2 Å². The highest BCUT2D eigenvalue weighted by molar-refractivity contribution is 5.94. The van der Waals surface area contributed by atoms with Crippen molar-refractivity contribution in [2.45, 2.75) is 20.4 Å². The fourth-order valence-electron chi connectivity index (χ4n) is 2.08. The number of hydrogen-bond acceptors (Lipinski definition) is 3. The van der Waals surface area contributed by atoms with Crippen LogP contribution in [0.5, 0.6) is 11.5 Å². The number of carbonyl (C=O) groups is 1. The van der Waals surface area contributed by atoms with Crippen molar-refractivity contribution in [3.05, 3.63) is 59.4 Å². The Morgan fingerprint density at radius 1 is 1.00 bits per heavy atom. The van der Waals surface area contributed by atoms with E-state index in [4.69, 9.17) is 9.47 Å². The Morgan fingerprint density at radius 3 is 2.30 bits per heavy atom. The summed E-state index contributed by atoms with van der Waals surface area (Å²) in [5, 5.41) is 2.80. The number of hydrogen-bond donors (Lipinski definition) is 1. The van der Waals surface area contributed by atoms with E-state index in [1.54, 1.807) is 30.3 Å². The number of carbonyl (C=O) groups excluding carboxylic acids is 1. The van der Waals surface area contributed by atoms with E-state index in [2.05, 4.69) is 5.32 Å². The second kappa shape index (κ2) is 8.17. The van der Waals surface area contributed by atoms with Crippen LogP contribution < -0.4 is 14.8 Å². The molecular formula is C18H20FNO3. The average Bonchev–Trinajstić information content (AvgIpc) is 2.56. The summed E-state index contributed by atoms with van der Waals surface area (Å²) in [6.45, 7) is 5.10. The Kier molecular flexibility index (Phi) is 5.97. The van der Waals surface area contributed by atoms with Crippen molar-refractivity contribution in [3.63, 3.8) is 0 Å². The lowest BCUT2D eigenvalue weighted by molar-refractivity contribution is 0.0950. The molecule has 1 amide bonds. The molecule has 122 valence electrons. The molecule has 0 atom stereocenters. The molecule has 1 N–H and O–H groups in total. The predicted molar refractivity (Wildman–Crippen MR) is 86.4 cm³/mol. The van der Waals surface area contributed by atoms with Gasteiger partial charge in [0.1, 0.15) is 5.82 Å². The van der Waals surface area contributed by atoms with Crippen LogP contribution >= 0.6 is 0 Å². The van der Waals surface area contributed by atoms with Crippen molar-refractivity contribution in [1.82, 2.24) is 5.32 Å². The first kappa shape index (κ1) is 16.8. The van der Waals surface area contributed by atoms with Crippen LogP contribution in [0.15, 0.2) is 42.5 Å². The number of rotatable bonds is 7. The first-order chi connectivity index (χ1) is 11.1. The van der Waals surface area contributed by atoms with Crippen LogP contribution in [-0.2, 0) is 6.54 Å². The molecular weight excluding hydrogens is 297 g/mol. The van der Waals surface area contributed by atoms with Crippen molar-refractivity contribution in [3.8, 4) is 11.5 Å². The number of ether oxygens (including phenoxy) is 2. The predicted octanol–water partition coefficient (Wildman–Crippen LogP) is 3.55. The second-order valence-corrected chi connectivity index (χ2v) is 4.84. The third kappa shape index (κ3) is 4.71. The minimum atomic E-state index is -0.298. The van der Waals surface area contributed by atoms with Crippen LogP contribution in [0.25, 0.3) is 0 Å². The normalized spacial score (nSPS) is 10.2. The van der Waals surface area contributed by atoms with Gasteiger partial charge in [0.2, 0.25) is 0 Å². The summed E-state index contributed by atoms with van der Waals surface area (Å²) in [6, 6.07) is 11.1. The van der Waals surface area contributed by atoms with Gasteiger partial charge >= 0.3 is 0 Å². The molecule has 2 aromatic carbocycles. The SMILES string of the molecule is CCOc1ccc(C(=O)NCc2ccc(F)cc2)cc1OCC. The molecule has 0 bridgehead atoms. The maximum absolute atomic E-state index is 12.9. The van der Waals surface area contributed by atoms with Crippen LogP contribution in [0, 0.1) is 5.82 Å². The van der Waals surface area contributed by atoms with Gasteiger partial charge in [-0.3, -0.25) is 4.79 Å². The minimum Gasteiger partial charge on any atom is -0.490 e. The molecule has 0 aromatic heterocycles. The molecule has 0 spiro atoms. The third-order valence-corrected chi connectivity index (χ3v) is 3.17. The van der Waals surface area contributed by atoms with E-state index < -0.39 is 0 Å². The Bertz CT molecular complexity index is 656. The Morgan fingerprint density at radius 2 is 1.65 bits per heavy atom. The maximum atomic E-state index is 12.9. The molecule has 23 heavy (non-hydrogen) atoms. The summed E-state index contributed by atoms with van der Waals surface area (Å²) in [7, 11) is 0. The molecule has 0 radical (unpaired) electrons. The largest absolute Gasteiger partial charge is 0.490 e. The zero-order valence-corrected chi connectivity index (χ0v) is 13.3. The minimum absolute atomic E-state index is 0.224. The molecule has 0 saturated carbocycles. The summed E-state index contributed by atoms with van der Waals surface area (Å²) < 4.78 is 23.8. The summed E-state index contributed by atoms with van der Waals surface area (Å²) in [6.07, 6.45) is 0. The topological polar surface area (TPSA) is 47.6 Å². The van der Waals surface area contributed by atoms with Gasteiger partial charge in [-0.2, -0.15) is 0 Å². The monoisotopic (exact) mass is 317 g/mol. The van der Waals surface area contributed by atoms with Crippen molar-refractivity contribution in [1.29, 1.82) is 0 Å². The average molecular weight is 317 g/mol. The summed E-state index contributed by atoms with van der Waals surface area (Å²) in [5.41, 5.74) is 1.31. The lowest BCUT2D eigenvalue weighted by Gasteiger charge is -2.12. The highest BCUT2D eigenvalue weighted by atomic mass is 19.1. The Labute approximate surface area is 135 Å². The molecule has 2 rings (SSSR count). The van der Waals surface area contributed by atoms with Gasteiger partial charge in [0.15, 0.2) is 11.5 Å². The van der Waals surface area contributed by atoms with Crippen molar-refractivity contribution in [2.24, 2.45) is 0 Å². The molecule has 0 fully saturated rings. The van der Waals surface area contributed by atoms with Crippen LogP contribution in [0.2, 0.25) is 0 Å². The molecule has 4 nitrogen and oxygen atoms in total. The highest BCUT2D eigenvalue weighted by Crippen LogP contribution is 2.28. The zero-order valence-electron chi connectivity index (χ0n) is 13.3. The lowest BCUT2D eigenvalue weighted by Crippen LogP contribution is -2.22. The molecule has 0 aliphatic carbocycles. The summed E-state index contributed by atoms with van der Waals surface area (Å²) in [4.78, 5) is 12.2. The Balaban J connectivity index is 2.06. The van der Waals surface area contributed by atoms with E-state index in [1.165, 1.54) is 12.1 Å². The van der Waals surface area contributed by atoms with Gasteiger partial charge in [0.25, 0.3) is 5.91 Å². The first-order valence-electron chi connectivity index (χ1n) is 7.56. The number of benzene rings is 2. The lowest BCUT2D eigenvalue weighted by atomic mass is 10.1. The fourth-order valence-corrected chi connectivity index (χ4v) is 2.08. The van der Waals surface area contributed by atoms with E-state index in [0.29, 0.717) is 36.8 Å². The van der Waals surface area contributed by atoms with Gasteiger partial charge in [0.05, 0.1) is 13.2 Å². The van der Waals surface area contributed by atoms with Gasteiger partial charge in [-0.05, 0) is 49.7 Å². The van der Waals surface area contributed by atoms with Gasteiger partial charge in [-0.1, -0.05) is 12.1 Å². The standard InChI is InChI=1S/C18H20FNO3/c1-3-22-16-10-7-14(11-17(16)23-4-2)18(21)20-12-13-5-8-15(19)9-6-13/h5-11H,3-4,12H2,1-2H3,(H,20,21). The second-order valence-electron chi connectivity index (χ2n) is 4.84. The molecule has 2 aromatic rings. The Hall–Kier alpha value is -2.56. The van der Waals surface area contributed by atoms with Gasteiger partial charge in [-0.25, -0.2) is 4.39 Å². The van der Waals surface area contributed by atoms with Crippen LogP contribution in [0.4, 0.5) is 4.39 Å². The first-order valence-corrected chi connectivity index (χ1v) is 7.56. The van der Waals surface area contributed by atoms with E-state index in [0.717, 1.165) is 5.56 Å². The van der Waals surface area contributed by atoms with Crippen molar-refractivity contribution >= 4 is 5.91 Å². The van der Waals surface area contributed by atoms with E-state index in [1.807, 2.05) is 13.8 Å². The summed E-state index contributed by atoms with van der Waals surface area (Å²) >= 11 is 0. The fraction of sp³-hybridized carbons (Fsp3) is 0.278. The van der Waals surface area contributed by atoms with E-state index in [-0.39, 0.29) is 11.7 Å². The molecule has 0 unspecified atom stereocenters. The van der Waals surface area contributed by atoms with Gasteiger partial charge in [-0.15, -0.1) is 0 Å². The third-order valence-electron chi connectivity index (χ3n) is 3.17. The number of nitrogens with one attached hydrogen (secondary N) is 1. The van der Waals surface area contributed by atoms with E-state index >= 15 is 0 Å². The van der Waals surface area contributed by atoms with Crippen LogP contribution in [-0.4, -0.2) is 19.1 Å². The van der Waals surface area contributed by atoms with Crippen molar-refractivity contribution < 1.29 is 18.7 Å². The van der Waals surface area contributed by atoms with Crippen LogP contribution in [0.3, 0.4) is 0 Å². The zero-order chi connectivity index (χ0) is 16.7.